The van der Waals surface area contributed by atoms with Crippen molar-refractivity contribution in [3.05, 3.63) is 53.2 Å². The lowest BCUT2D eigenvalue weighted by atomic mass is 9.77. The first kappa shape index (κ1) is 30.7. The van der Waals surface area contributed by atoms with Gasteiger partial charge in [-0.25, -0.2) is 14.4 Å². The van der Waals surface area contributed by atoms with Crippen molar-refractivity contribution in [3.8, 4) is 11.3 Å². The molecule has 0 spiro atoms. The minimum atomic E-state index is -0.519. The molecule has 1 unspecified atom stereocenters. The molecule has 43 heavy (non-hydrogen) atoms. The number of carbonyl (C=O) groups excluding carboxylic acids is 2. The van der Waals surface area contributed by atoms with Crippen LogP contribution in [0.1, 0.15) is 52.1 Å². The Hall–Kier alpha value is -3.74. The van der Waals surface area contributed by atoms with E-state index in [4.69, 9.17) is 16.3 Å². The molecule has 3 heterocycles. The zero-order valence-electron chi connectivity index (χ0n) is 24.3. The van der Waals surface area contributed by atoms with E-state index < -0.39 is 18.0 Å². The van der Waals surface area contributed by atoms with Crippen LogP contribution in [0.3, 0.4) is 0 Å². The minimum absolute atomic E-state index is 0.137. The van der Waals surface area contributed by atoms with Crippen molar-refractivity contribution in [2.45, 2.75) is 64.7 Å². The van der Waals surface area contributed by atoms with E-state index in [1.807, 2.05) is 20.8 Å². The maximum atomic E-state index is 14.4. The molecule has 3 aromatic rings. The van der Waals surface area contributed by atoms with E-state index in [-0.39, 0.29) is 46.7 Å². The van der Waals surface area contributed by atoms with Gasteiger partial charge in [-0.05, 0) is 77.3 Å². The number of aromatic nitrogens is 4. The molecule has 228 valence electrons. The van der Waals surface area contributed by atoms with Gasteiger partial charge in [-0.3, -0.25) is 14.5 Å². The number of benzene rings is 1. The highest BCUT2D eigenvalue weighted by atomic mass is 35.5. The molecule has 1 aromatic carbocycles. The first-order chi connectivity index (χ1) is 20.5. The standard InChI is InChI=1S/C30H35ClFN7O4/c1-30(2,3)43-29(42)17-5-4-8-39(14-17)20-9-18(10-20)28(41)36-27-13-26(33-16-34-27)35-24-12-23(37-38-25(24)15-40)21-11-19(31)6-7-22(21)32/h6-7,11-13,16-18,20,40H,4-5,8-10,14-15H2,1-3H3,(H2,33,34,35,36,37,41). The summed E-state index contributed by atoms with van der Waals surface area (Å²) in [6, 6.07) is 7.46. The highest BCUT2D eigenvalue weighted by molar-refractivity contribution is 6.30. The van der Waals surface area contributed by atoms with Crippen molar-refractivity contribution in [1.29, 1.82) is 0 Å². The number of carbonyl (C=O) groups is 2. The summed E-state index contributed by atoms with van der Waals surface area (Å²) in [5.74, 6) is -0.479. The van der Waals surface area contributed by atoms with Crippen LogP contribution in [0.2, 0.25) is 5.02 Å². The minimum Gasteiger partial charge on any atom is -0.460 e. The number of ether oxygens (including phenoxy) is 1. The molecule has 1 amide bonds. The summed E-state index contributed by atoms with van der Waals surface area (Å²) in [6.07, 6.45) is 4.45. The predicted octanol–water partition coefficient (Wildman–Crippen LogP) is 4.73. The van der Waals surface area contributed by atoms with E-state index in [9.17, 15) is 19.1 Å². The van der Waals surface area contributed by atoms with Crippen molar-refractivity contribution in [3.63, 3.8) is 0 Å². The van der Waals surface area contributed by atoms with Gasteiger partial charge >= 0.3 is 5.97 Å². The molecular weight excluding hydrogens is 577 g/mol. The fourth-order valence-corrected chi connectivity index (χ4v) is 5.52. The van der Waals surface area contributed by atoms with Gasteiger partial charge in [-0.2, -0.15) is 5.10 Å². The highest BCUT2D eigenvalue weighted by Gasteiger charge is 2.41. The fraction of sp³-hybridized carbons (Fsp3) is 0.467. The third-order valence-corrected chi connectivity index (χ3v) is 7.83. The van der Waals surface area contributed by atoms with Gasteiger partial charge < -0.3 is 20.5 Å². The Kier molecular flexibility index (Phi) is 9.19. The van der Waals surface area contributed by atoms with Crippen molar-refractivity contribution < 1.29 is 23.8 Å². The molecule has 1 aliphatic carbocycles. The highest BCUT2D eigenvalue weighted by Crippen LogP contribution is 2.36. The van der Waals surface area contributed by atoms with Crippen LogP contribution < -0.4 is 10.6 Å². The summed E-state index contributed by atoms with van der Waals surface area (Å²) in [4.78, 5) is 36.3. The number of hydrogen-bond donors (Lipinski definition) is 3. The molecule has 2 aliphatic rings. The van der Waals surface area contributed by atoms with Gasteiger partial charge in [0.2, 0.25) is 5.91 Å². The van der Waals surface area contributed by atoms with Crippen LogP contribution in [0.15, 0.2) is 36.7 Å². The van der Waals surface area contributed by atoms with Crippen molar-refractivity contribution in [1.82, 2.24) is 25.1 Å². The van der Waals surface area contributed by atoms with Crippen LogP contribution in [0.4, 0.5) is 21.7 Å². The van der Waals surface area contributed by atoms with E-state index in [1.54, 1.807) is 6.07 Å². The molecule has 5 rings (SSSR count). The molecule has 1 saturated heterocycles. The van der Waals surface area contributed by atoms with Crippen LogP contribution in [0.25, 0.3) is 11.3 Å². The second kappa shape index (κ2) is 12.9. The molecular formula is C30H35ClFN7O4. The summed E-state index contributed by atoms with van der Waals surface area (Å²) in [6.45, 7) is 6.77. The second-order valence-electron chi connectivity index (χ2n) is 12.0. The van der Waals surface area contributed by atoms with E-state index in [2.05, 4.69) is 35.7 Å². The van der Waals surface area contributed by atoms with Gasteiger partial charge in [-0.1, -0.05) is 11.6 Å². The van der Waals surface area contributed by atoms with E-state index in [0.29, 0.717) is 41.7 Å². The number of nitrogens with zero attached hydrogens (tertiary/aromatic N) is 5. The number of likely N-dealkylation sites (tertiary alicyclic amines) is 1. The molecule has 3 N–H and O–H groups in total. The number of aliphatic hydroxyl groups is 1. The maximum absolute atomic E-state index is 14.4. The number of aliphatic hydroxyl groups excluding tert-OH is 1. The van der Waals surface area contributed by atoms with E-state index >= 15 is 0 Å². The molecule has 2 fully saturated rings. The average Bonchev–Trinajstić information content (AvgIpc) is 2.93. The molecule has 11 nitrogen and oxygen atoms in total. The summed E-state index contributed by atoms with van der Waals surface area (Å²) < 4.78 is 20.0. The lowest BCUT2D eigenvalue weighted by Gasteiger charge is -2.45. The molecule has 0 bridgehead atoms. The predicted molar refractivity (Wildman–Crippen MR) is 159 cm³/mol. The Morgan fingerprint density at radius 1 is 1.12 bits per heavy atom. The Morgan fingerprint density at radius 2 is 1.88 bits per heavy atom. The largest absolute Gasteiger partial charge is 0.460 e. The van der Waals surface area contributed by atoms with Gasteiger partial charge in [0.25, 0.3) is 0 Å². The zero-order valence-corrected chi connectivity index (χ0v) is 25.1. The third kappa shape index (κ3) is 7.62. The lowest BCUT2D eigenvalue weighted by Crippen LogP contribution is -2.52. The van der Waals surface area contributed by atoms with Crippen molar-refractivity contribution in [2.24, 2.45) is 11.8 Å². The van der Waals surface area contributed by atoms with Crippen LogP contribution in [-0.2, 0) is 20.9 Å². The number of amides is 1. The number of anilines is 3. The summed E-state index contributed by atoms with van der Waals surface area (Å²) in [5.41, 5.74) is 0.448. The number of esters is 1. The molecule has 1 atom stereocenters. The quantitative estimate of drug-likeness (QED) is 0.306. The van der Waals surface area contributed by atoms with Crippen LogP contribution in [0, 0.1) is 17.7 Å². The summed E-state index contributed by atoms with van der Waals surface area (Å²) >= 11 is 6.03. The Morgan fingerprint density at radius 3 is 2.63 bits per heavy atom. The number of nitrogens with one attached hydrogen (secondary N) is 2. The molecule has 1 aliphatic heterocycles. The summed E-state index contributed by atoms with van der Waals surface area (Å²) in [5, 5.41) is 24.1. The van der Waals surface area contributed by atoms with Gasteiger partial charge in [-0.15, -0.1) is 5.10 Å². The molecule has 13 heteroatoms. The first-order valence-electron chi connectivity index (χ1n) is 14.3. The lowest BCUT2D eigenvalue weighted by molar-refractivity contribution is -0.162. The van der Waals surface area contributed by atoms with Gasteiger partial charge in [0.05, 0.1) is 23.9 Å². The SMILES string of the molecule is CC(C)(C)OC(=O)C1CCCN(C2CC(C(=O)Nc3cc(Nc4cc(-c5cc(Cl)ccc5F)nnc4CO)ncn3)C2)C1. The van der Waals surface area contributed by atoms with Gasteiger partial charge in [0.1, 0.15) is 35.1 Å². The van der Waals surface area contributed by atoms with E-state index in [1.165, 1.54) is 30.6 Å². The zero-order chi connectivity index (χ0) is 30.7. The van der Waals surface area contributed by atoms with Gasteiger partial charge in [0.15, 0.2) is 0 Å². The van der Waals surface area contributed by atoms with Crippen LogP contribution in [-0.4, -0.2) is 66.8 Å². The topological polar surface area (TPSA) is 142 Å². The average molecular weight is 612 g/mol. The van der Waals surface area contributed by atoms with E-state index in [0.717, 1.165) is 19.4 Å². The number of rotatable bonds is 8. The van der Waals surface area contributed by atoms with Crippen molar-refractivity contribution in [2.75, 3.05) is 23.7 Å². The Balaban J connectivity index is 1.19. The fourth-order valence-electron chi connectivity index (χ4n) is 5.34. The normalized spacial score (nSPS) is 20.7. The van der Waals surface area contributed by atoms with Crippen molar-refractivity contribution >= 4 is 40.8 Å². The molecule has 0 radical (unpaired) electrons. The van der Waals surface area contributed by atoms with Crippen LogP contribution >= 0.6 is 11.6 Å². The molecule has 2 aromatic heterocycles. The maximum Gasteiger partial charge on any atom is 0.310 e. The monoisotopic (exact) mass is 611 g/mol. The van der Waals surface area contributed by atoms with Crippen LogP contribution in [0.5, 0.6) is 0 Å². The first-order valence-corrected chi connectivity index (χ1v) is 14.7. The number of piperidine rings is 1. The Bertz CT molecular complexity index is 1500. The molecule has 1 saturated carbocycles. The number of hydrogen-bond acceptors (Lipinski definition) is 10. The third-order valence-electron chi connectivity index (χ3n) is 7.60. The van der Waals surface area contributed by atoms with Gasteiger partial charge in [0, 0.05) is 35.2 Å². The summed E-state index contributed by atoms with van der Waals surface area (Å²) in [7, 11) is 0. The number of halogens is 2. The Labute approximate surface area is 254 Å². The smallest absolute Gasteiger partial charge is 0.310 e. The second-order valence-corrected chi connectivity index (χ2v) is 12.4.